The zero-order valence-electron chi connectivity index (χ0n) is 8.14. The van der Waals surface area contributed by atoms with E-state index in [1.807, 2.05) is 31.2 Å². The van der Waals surface area contributed by atoms with Gasteiger partial charge in [-0.2, -0.15) is 0 Å². The first-order valence-electron chi connectivity index (χ1n) is 4.48. The van der Waals surface area contributed by atoms with E-state index in [9.17, 15) is 0 Å². The summed E-state index contributed by atoms with van der Waals surface area (Å²) in [6.45, 7) is 1.89. The molecule has 4 heteroatoms. The monoisotopic (exact) mass is 280 g/mol. The van der Waals surface area contributed by atoms with Crippen molar-refractivity contribution in [2.75, 3.05) is 0 Å². The molecule has 0 atom stereocenters. The van der Waals surface area contributed by atoms with Crippen LogP contribution in [0.15, 0.2) is 50.9 Å². The van der Waals surface area contributed by atoms with Gasteiger partial charge in [0, 0.05) is 11.0 Å². The van der Waals surface area contributed by atoms with Gasteiger partial charge in [0.2, 0.25) is 0 Å². The molecule has 0 spiro atoms. The van der Waals surface area contributed by atoms with Gasteiger partial charge in [-0.3, -0.25) is 0 Å². The lowest BCUT2D eigenvalue weighted by atomic mass is 10.4. The Labute approximate surface area is 101 Å². The molecule has 0 bridgehead atoms. The third kappa shape index (κ3) is 3.04. The number of rotatable bonds is 2. The Morgan fingerprint density at radius 1 is 1.13 bits per heavy atom. The van der Waals surface area contributed by atoms with E-state index in [4.69, 9.17) is 0 Å². The van der Waals surface area contributed by atoms with Gasteiger partial charge in [-0.25, -0.2) is 9.97 Å². The minimum absolute atomic E-state index is 0.780. The van der Waals surface area contributed by atoms with Gasteiger partial charge in [0.15, 0.2) is 0 Å². The summed E-state index contributed by atoms with van der Waals surface area (Å²) in [6, 6.07) is 12.1. The molecule has 2 rings (SSSR count). The second-order valence-corrected chi connectivity index (χ2v) is 4.90. The second-order valence-electron chi connectivity index (χ2n) is 2.99. The predicted octanol–water partition coefficient (Wildman–Crippen LogP) is 3.70. The topological polar surface area (TPSA) is 25.8 Å². The lowest BCUT2D eigenvalue weighted by Gasteiger charge is -2.01. The van der Waals surface area contributed by atoms with Crippen molar-refractivity contribution in [3.63, 3.8) is 0 Å². The fourth-order valence-electron chi connectivity index (χ4n) is 1.17. The van der Waals surface area contributed by atoms with Crippen LogP contribution >= 0.6 is 27.7 Å². The summed E-state index contributed by atoms with van der Waals surface area (Å²) in [5.74, 6) is 0.780. The number of hydrogen-bond acceptors (Lipinski definition) is 3. The van der Waals surface area contributed by atoms with Crippen molar-refractivity contribution in [1.82, 2.24) is 9.97 Å². The number of halogens is 1. The van der Waals surface area contributed by atoms with Crippen LogP contribution in [0.3, 0.4) is 0 Å². The average molecular weight is 281 g/mol. The Morgan fingerprint density at radius 3 is 2.53 bits per heavy atom. The lowest BCUT2D eigenvalue weighted by Crippen LogP contribution is -1.89. The normalized spacial score (nSPS) is 10.3. The maximum atomic E-state index is 4.35. The summed E-state index contributed by atoms with van der Waals surface area (Å²) < 4.78 is 0.827. The maximum Gasteiger partial charge on any atom is 0.127 e. The van der Waals surface area contributed by atoms with Gasteiger partial charge in [-0.15, -0.1) is 0 Å². The molecule has 76 valence electrons. The van der Waals surface area contributed by atoms with Gasteiger partial charge in [0.1, 0.15) is 15.5 Å². The van der Waals surface area contributed by atoms with Gasteiger partial charge in [0.25, 0.3) is 0 Å². The van der Waals surface area contributed by atoms with Crippen molar-refractivity contribution >= 4 is 27.7 Å². The van der Waals surface area contributed by atoms with Gasteiger partial charge in [0.05, 0.1) is 0 Å². The highest BCUT2D eigenvalue weighted by atomic mass is 79.9. The summed E-state index contributed by atoms with van der Waals surface area (Å²) in [5, 5.41) is 0.959. The van der Waals surface area contributed by atoms with Crippen LogP contribution in [-0.2, 0) is 0 Å². The fraction of sp³-hybridized carbons (Fsp3) is 0.0909. The van der Waals surface area contributed by atoms with Crippen LogP contribution in [-0.4, -0.2) is 9.97 Å². The van der Waals surface area contributed by atoms with Crippen LogP contribution in [0.2, 0.25) is 0 Å². The molecule has 1 heterocycles. The van der Waals surface area contributed by atoms with Crippen LogP contribution < -0.4 is 0 Å². The molecule has 0 amide bonds. The highest BCUT2D eigenvalue weighted by molar-refractivity contribution is 9.10. The Kier molecular flexibility index (Phi) is 3.38. The molecule has 0 N–H and O–H groups in total. The van der Waals surface area contributed by atoms with Crippen molar-refractivity contribution in [3.8, 4) is 0 Å². The van der Waals surface area contributed by atoms with E-state index in [1.165, 1.54) is 4.90 Å². The summed E-state index contributed by atoms with van der Waals surface area (Å²) in [6.07, 6.45) is 0. The van der Waals surface area contributed by atoms with Crippen molar-refractivity contribution < 1.29 is 0 Å². The summed E-state index contributed by atoms with van der Waals surface area (Å²) in [7, 11) is 0. The van der Waals surface area contributed by atoms with Crippen molar-refractivity contribution in [2.24, 2.45) is 0 Å². The Morgan fingerprint density at radius 2 is 1.87 bits per heavy atom. The predicted molar refractivity (Wildman–Crippen MR) is 65.0 cm³/mol. The molecular weight excluding hydrogens is 272 g/mol. The molecule has 0 radical (unpaired) electrons. The van der Waals surface area contributed by atoms with Crippen LogP contribution in [0.5, 0.6) is 0 Å². The van der Waals surface area contributed by atoms with Crippen LogP contribution in [0.4, 0.5) is 0 Å². The summed E-state index contributed by atoms with van der Waals surface area (Å²) in [4.78, 5) is 9.70. The molecule has 0 fully saturated rings. The molecule has 0 aliphatic heterocycles. The SMILES string of the molecule is Cc1nc(Br)cc(Sc2ccccc2)n1. The number of nitrogens with zero attached hydrogens (tertiary/aromatic N) is 2. The molecule has 15 heavy (non-hydrogen) atoms. The molecule has 1 aromatic carbocycles. The molecule has 1 aromatic heterocycles. The van der Waals surface area contributed by atoms with E-state index in [2.05, 4.69) is 38.0 Å². The molecule has 2 aromatic rings. The molecule has 0 saturated heterocycles. The minimum Gasteiger partial charge on any atom is -0.226 e. The zero-order chi connectivity index (χ0) is 10.7. The van der Waals surface area contributed by atoms with Crippen molar-refractivity contribution in [1.29, 1.82) is 0 Å². The zero-order valence-corrected chi connectivity index (χ0v) is 10.5. The van der Waals surface area contributed by atoms with Crippen LogP contribution in [0.1, 0.15) is 5.82 Å². The number of aromatic nitrogens is 2. The standard InChI is InChI=1S/C11H9BrN2S/c1-8-13-10(12)7-11(14-8)15-9-5-3-2-4-6-9/h2-7H,1H3. The second kappa shape index (κ2) is 4.77. The Hall–Kier alpha value is -0.870. The van der Waals surface area contributed by atoms with E-state index in [0.29, 0.717) is 0 Å². The summed E-state index contributed by atoms with van der Waals surface area (Å²) in [5.41, 5.74) is 0. The third-order valence-electron chi connectivity index (χ3n) is 1.75. The molecule has 0 aliphatic rings. The van der Waals surface area contributed by atoms with Gasteiger partial charge < -0.3 is 0 Å². The highest BCUT2D eigenvalue weighted by Crippen LogP contribution is 2.26. The van der Waals surface area contributed by atoms with E-state index in [-0.39, 0.29) is 0 Å². The Bertz CT molecular complexity index is 439. The molecular formula is C11H9BrN2S. The number of hydrogen-bond donors (Lipinski definition) is 0. The van der Waals surface area contributed by atoms with Crippen molar-refractivity contribution in [3.05, 3.63) is 46.8 Å². The molecule has 0 aliphatic carbocycles. The van der Waals surface area contributed by atoms with Gasteiger partial charge in [-0.05, 0) is 35.0 Å². The van der Waals surface area contributed by atoms with E-state index in [1.54, 1.807) is 11.8 Å². The quantitative estimate of drug-likeness (QED) is 0.785. The van der Waals surface area contributed by atoms with Crippen LogP contribution in [0, 0.1) is 6.92 Å². The van der Waals surface area contributed by atoms with Crippen molar-refractivity contribution in [2.45, 2.75) is 16.8 Å². The molecule has 0 saturated carbocycles. The first-order chi connectivity index (χ1) is 7.24. The first kappa shape index (κ1) is 10.6. The van der Waals surface area contributed by atoms with E-state index >= 15 is 0 Å². The van der Waals surface area contributed by atoms with Gasteiger partial charge in [-0.1, -0.05) is 30.0 Å². The first-order valence-corrected chi connectivity index (χ1v) is 6.09. The third-order valence-corrected chi connectivity index (χ3v) is 3.08. The molecule has 2 nitrogen and oxygen atoms in total. The van der Waals surface area contributed by atoms with Gasteiger partial charge >= 0.3 is 0 Å². The largest absolute Gasteiger partial charge is 0.226 e. The average Bonchev–Trinajstić information content (AvgIpc) is 2.17. The minimum atomic E-state index is 0.780. The fourth-order valence-corrected chi connectivity index (χ4v) is 2.68. The van der Waals surface area contributed by atoms with E-state index in [0.717, 1.165) is 15.5 Å². The smallest absolute Gasteiger partial charge is 0.127 e. The maximum absolute atomic E-state index is 4.35. The lowest BCUT2D eigenvalue weighted by molar-refractivity contribution is 0.951. The highest BCUT2D eigenvalue weighted by Gasteiger charge is 2.01. The molecule has 0 unspecified atom stereocenters. The van der Waals surface area contributed by atoms with E-state index < -0.39 is 0 Å². The summed E-state index contributed by atoms with van der Waals surface area (Å²) >= 11 is 5.00. The number of aryl methyl sites for hydroxylation is 1. The Balaban J connectivity index is 2.25. The number of benzene rings is 1. The van der Waals surface area contributed by atoms with Crippen LogP contribution in [0.25, 0.3) is 0 Å².